The molecule has 0 amide bonds. The van der Waals surface area contributed by atoms with Crippen molar-refractivity contribution in [3.05, 3.63) is 60.2 Å². The van der Waals surface area contributed by atoms with E-state index in [4.69, 9.17) is 0 Å². The van der Waals surface area contributed by atoms with Gasteiger partial charge in [-0.1, -0.05) is 54.6 Å². The lowest BCUT2D eigenvalue weighted by Gasteiger charge is -2.18. The van der Waals surface area contributed by atoms with Crippen LogP contribution in [0.25, 0.3) is 11.1 Å². The van der Waals surface area contributed by atoms with Crippen molar-refractivity contribution in [2.24, 2.45) is 0 Å². The fraction of sp³-hybridized carbons (Fsp3) is 0.316. The van der Waals surface area contributed by atoms with Gasteiger partial charge in [-0.25, -0.2) is 0 Å². The number of aldehydes is 1. The Hall–Kier alpha value is -1.93. The van der Waals surface area contributed by atoms with E-state index in [1.165, 1.54) is 16.7 Å². The molecule has 21 heavy (non-hydrogen) atoms. The zero-order chi connectivity index (χ0) is 15.1. The maximum Gasteiger partial charge on any atom is 0.137 e. The fourth-order valence-corrected chi connectivity index (χ4v) is 2.59. The molecule has 1 atom stereocenters. The summed E-state index contributed by atoms with van der Waals surface area (Å²) < 4.78 is 0. The van der Waals surface area contributed by atoms with Crippen LogP contribution in [0.4, 0.5) is 0 Å². The van der Waals surface area contributed by atoms with Crippen molar-refractivity contribution in [1.29, 1.82) is 0 Å². The predicted molar refractivity (Wildman–Crippen MR) is 88.4 cm³/mol. The maximum absolute atomic E-state index is 11.0. The minimum atomic E-state index is 0.0221. The zero-order valence-corrected chi connectivity index (χ0v) is 12.8. The van der Waals surface area contributed by atoms with Crippen LogP contribution in [0.2, 0.25) is 0 Å². The first kappa shape index (κ1) is 15.5. The molecule has 0 bridgehead atoms. The lowest BCUT2D eigenvalue weighted by atomic mass is 9.95. The summed E-state index contributed by atoms with van der Waals surface area (Å²) in [5, 5.41) is 0. The number of benzene rings is 2. The minimum absolute atomic E-state index is 0.0221. The Kier molecular flexibility index (Phi) is 5.70. The summed E-state index contributed by atoms with van der Waals surface area (Å²) >= 11 is 0. The number of aryl methyl sites for hydroxylation is 1. The summed E-state index contributed by atoms with van der Waals surface area (Å²) in [6.45, 7) is 0. The number of hydrogen-bond donors (Lipinski definition) is 0. The molecular weight excluding hydrogens is 258 g/mol. The Morgan fingerprint density at radius 3 is 2.33 bits per heavy atom. The third-order valence-corrected chi connectivity index (χ3v) is 3.87. The summed E-state index contributed by atoms with van der Waals surface area (Å²) in [7, 11) is 3.91. The summed E-state index contributed by atoms with van der Waals surface area (Å²) in [5.41, 5.74) is 3.91. The second-order valence-corrected chi connectivity index (χ2v) is 5.58. The summed E-state index contributed by atoms with van der Waals surface area (Å²) in [6, 6.07) is 19.0. The summed E-state index contributed by atoms with van der Waals surface area (Å²) in [6.07, 6.45) is 3.97. The molecule has 0 aromatic heterocycles. The lowest BCUT2D eigenvalue weighted by molar-refractivity contribution is -0.111. The topological polar surface area (TPSA) is 20.3 Å². The molecule has 0 aliphatic heterocycles. The van der Waals surface area contributed by atoms with Gasteiger partial charge in [0.1, 0.15) is 6.29 Å². The van der Waals surface area contributed by atoms with Crippen molar-refractivity contribution in [3.63, 3.8) is 0 Å². The first-order valence-electron chi connectivity index (χ1n) is 7.47. The third kappa shape index (κ3) is 4.27. The van der Waals surface area contributed by atoms with Gasteiger partial charge in [0.2, 0.25) is 0 Å². The second-order valence-electron chi connectivity index (χ2n) is 5.58. The van der Waals surface area contributed by atoms with Crippen molar-refractivity contribution < 1.29 is 4.79 Å². The van der Waals surface area contributed by atoms with Gasteiger partial charge in [0.15, 0.2) is 0 Å². The quantitative estimate of drug-likeness (QED) is 0.719. The lowest BCUT2D eigenvalue weighted by Crippen LogP contribution is -2.29. The van der Waals surface area contributed by atoms with Gasteiger partial charge in [-0.2, -0.15) is 0 Å². The molecule has 2 aromatic carbocycles. The molecule has 0 saturated heterocycles. The number of rotatable bonds is 7. The van der Waals surface area contributed by atoms with Crippen molar-refractivity contribution in [1.82, 2.24) is 4.90 Å². The van der Waals surface area contributed by atoms with Crippen molar-refractivity contribution >= 4 is 6.29 Å². The molecule has 0 N–H and O–H groups in total. The minimum Gasteiger partial charge on any atom is -0.302 e. The summed E-state index contributed by atoms with van der Waals surface area (Å²) in [5.74, 6) is 0. The third-order valence-electron chi connectivity index (χ3n) is 3.87. The van der Waals surface area contributed by atoms with Crippen LogP contribution in [0.1, 0.15) is 18.4 Å². The predicted octanol–water partition coefficient (Wildman–Crippen LogP) is 3.81. The second kappa shape index (κ2) is 7.75. The van der Waals surface area contributed by atoms with E-state index in [2.05, 4.69) is 48.5 Å². The van der Waals surface area contributed by atoms with Crippen LogP contribution < -0.4 is 0 Å². The van der Waals surface area contributed by atoms with E-state index >= 15 is 0 Å². The van der Waals surface area contributed by atoms with Crippen LogP contribution in [0.3, 0.4) is 0 Å². The van der Waals surface area contributed by atoms with E-state index < -0.39 is 0 Å². The highest BCUT2D eigenvalue weighted by Crippen LogP contribution is 2.24. The zero-order valence-electron chi connectivity index (χ0n) is 12.8. The smallest absolute Gasteiger partial charge is 0.137 e. The Labute approximate surface area is 127 Å². The molecule has 0 radical (unpaired) electrons. The van der Waals surface area contributed by atoms with E-state index in [1.54, 1.807) is 0 Å². The van der Waals surface area contributed by atoms with Crippen molar-refractivity contribution in [2.75, 3.05) is 14.1 Å². The average Bonchev–Trinajstić information content (AvgIpc) is 2.52. The van der Waals surface area contributed by atoms with Gasteiger partial charge in [-0.15, -0.1) is 0 Å². The van der Waals surface area contributed by atoms with Crippen LogP contribution in [0, 0.1) is 0 Å². The van der Waals surface area contributed by atoms with Gasteiger partial charge in [0.05, 0.1) is 6.04 Å². The Morgan fingerprint density at radius 2 is 1.67 bits per heavy atom. The molecule has 0 saturated carbocycles. The van der Waals surface area contributed by atoms with E-state index in [-0.39, 0.29) is 6.04 Å². The Balaban J connectivity index is 2.06. The summed E-state index contributed by atoms with van der Waals surface area (Å²) in [4.78, 5) is 13.0. The molecule has 0 aliphatic rings. The highest BCUT2D eigenvalue weighted by atomic mass is 16.1. The monoisotopic (exact) mass is 281 g/mol. The van der Waals surface area contributed by atoms with Gasteiger partial charge in [0, 0.05) is 0 Å². The van der Waals surface area contributed by atoms with E-state index in [0.29, 0.717) is 0 Å². The highest BCUT2D eigenvalue weighted by molar-refractivity contribution is 5.67. The average molecular weight is 281 g/mol. The molecule has 2 rings (SSSR count). The molecule has 2 nitrogen and oxygen atoms in total. The largest absolute Gasteiger partial charge is 0.302 e. The van der Waals surface area contributed by atoms with Crippen LogP contribution in [0.15, 0.2) is 54.6 Å². The number of carbonyl (C=O) groups is 1. The van der Waals surface area contributed by atoms with Crippen LogP contribution in [-0.2, 0) is 11.2 Å². The van der Waals surface area contributed by atoms with E-state index in [1.807, 2.05) is 25.1 Å². The van der Waals surface area contributed by atoms with Gasteiger partial charge in [0.25, 0.3) is 0 Å². The van der Waals surface area contributed by atoms with E-state index in [9.17, 15) is 4.79 Å². The fourth-order valence-electron chi connectivity index (χ4n) is 2.59. The molecule has 1 unspecified atom stereocenters. The number of carbonyl (C=O) groups excluding carboxylic acids is 1. The van der Waals surface area contributed by atoms with Gasteiger partial charge < -0.3 is 9.69 Å². The van der Waals surface area contributed by atoms with Crippen LogP contribution >= 0.6 is 0 Å². The molecule has 2 aromatic rings. The van der Waals surface area contributed by atoms with Gasteiger partial charge in [-0.05, 0) is 50.0 Å². The van der Waals surface area contributed by atoms with Crippen LogP contribution in [0.5, 0.6) is 0 Å². The van der Waals surface area contributed by atoms with Crippen molar-refractivity contribution in [3.8, 4) is 11.1 Å². The van der Waals surface area contributed by atoms with Crippen molar-refractivity contribution in [2.45, 2.75) is 25.3 Å². The highest BCUT2D eigenvalue weighted by Gasteiger charge is 2.10. The number of hydrogen-bond acceptors (Lipinski definition) is 2. The number of likely N-dealkylation sites (N-methyl/N-ethyl adjacent to an activating group) is 1. The van der Waals surface area contributed by atoms with Gasteiger partial charge in [-0.3, -0.25) is 0 Å². The SMILES string of the molecule is CN(C)C(C=O)CCCc1ccccc1-c1ccccc1. The Morgan fingerprint density at radius 1 is 1.00 bits per heavy atom. The van der Waals surface area contributed by atoms with Crippen LogP contribution in [-0.4, -0.2) is 31.3 Å². The number of nitrogens with zero attached hydrogens (tertiary/aromatic N) is 1. The molecule has 110 valence electrons. The first-order valence-corrected chi connectivity index (χ1v) is 7.47. The molecule has 0 spiro atoms. The molecule has 0 fully saturated rings. The molecule has 0 aliphatic carbocycles. The molecule has 0 heterocycles. The normalized spacial score (nSPS) is 12.3. The molecular formula is C19H23NO. The van der Waals surface area contributed by atoms with E-state index in [0.717, 1.165) is 25.5 Å². The van der Waals surface area contributed by atoms with Gasteiger partial charge >= 0.3 is 0 Å². The maximum atomic E-state index is 11.0. The standard InChI is InChI=1S/C19H23NO/c1-20(2)18(15-21)13-8-12-17-11-6-7-14-19(17)16-9-4-3-5-10-16/h3-7,9-11,14-15,18H,8,12-13H2,1-2H3. The molecule has 2 heteroatoms. The first-order chi connectivity index (χ1) is 10.2. The Bertz CT molecular complexity index is 563.